The number of likely N-dealkylation sites (tertiary alicyclic amines) is 5. The Kier molecular flexibility index (Phi) is 29.6. The zero-order valence-corrected chi connectivity index (χ0v) is 84.3. The lowest BCUT2D eigenvalue weighted by molar-refractivity contribution is -0.0661. The first-order valence-electron chi connectivity index (χ1n) is 51.0. The SMILES string of the molecule is CC1CCN(Cc2ccc(-c3ccc4c(nnn4CC4CC4)c3Cl)cc2)CC1.FC1(F)CCCN(Cc2ccc(-c3ccc4c(nnn4CC4CC4)c3Cl)cc2)C1.FC1(F)CCN(Cc2ccc(-c3ccc4c(nnn4CC4CC4)c3Cl)cc2)C1.FCC1CCN(Cc2ccc(-c3ccc4c(nnn4CC4CC4)c3Cl)cc2)C1.N#CC1(F)CCN(Cc2ccc(-c3ccc4c(nnn4CC4CC4)c3Cl)cc2)CC1. The van der Waals surface area contributed by atoms with Gasteiger partial charge in [-0.1, -0.05) is 243 Å². The first-order chi connectivity index (χ1) is 69.4. The maximum Gasteiger partial charge on any atom is 0.261 e. The number of benzene rings is 10. The summed E-state index contributed by atoms with van der Waals surface area (Å²) in [6, 6.07) is 63.9. The van der Waals surface area contributed by atoms with Crippen molar-refractivity contribution in [1.82, 2.24) is 99.5 Å². The second-order valence-electron chi connectivity index (χ2n) is 41.9. The molecule has 10 aromatic carbocycles. The summed E-state index contributed by atoms with van der Waals surface area (Å²) >= 11 is 33.4. The van der Waals surface area contributed by atoms with E-state index in [4.69, 9.17) is 63.3 Å². The Morgan fingerprint density at radius 3 is 0.818 bits per heavy atom. The molecule has 21 nitrogen and oxygen atoms in total. The van der Waals surface area contributed by atoms with Crippen molar-refractivity contribution in [3.8, 4) is 61.7 Å². The molecule has 32 heteroatoms. The number of hydrogen-bond acceptors (Lipinski definition) is 16. The summed E-state index contributed by atoms with van der Waals surface area (Å²) in [5.41, 5.74) is 22.9. The summed E-state index contributed by atoms with van der Waals surface area (Å²) in [4.78, 5) is 10.7. The van der Waals surface area contributed by atoms with E-state index in [1.165, 1.54) is 101 Å². The Labute approximate surface area is 854 Å². The van der Waals surface area contributed by atoms with Gasteiger partial charge in [-0.25, -0.2) is 45.4 Å². The molecule has 5 aliphatic carbocycles. The molecule has 1 unspecified atom stereocenters. The van der Waals surface area contributed by atoms with Crippen molar-refractivity contribution in [1.29, 1.82) is 5.26 Å². The first kappa shape index (κ1) is 98.5. The van der Waals surface area contributed by atoms with E-state index in [1.54, 1.807) is 11.0 Å². The minimum Gasteiger partial charge on any atom is -0.299 e. The molecule has 0 radical (unpaired) electrons. The molecule has 0 N–H and O–H groups in total. The van der Waals surface area contributed by atoms with Crippen LogP contribution in [0.4, 0.5) is 26.3 Å². The van der Waals surface area contributed by atoms with E-state index in [1.807, 2.05) is 107 Å². The first-order valence-corrected chi connectivity index (χ1v) is 52.9. The molecule has 143 heavy (non-hydrogen) atoms. The maximum absolute atomic E-state index is 14.1. The molecule has 10 fully saturated rings. The van der Waals surface area contributed by atoms with Crippen molar-refractivity contribution in [2.45, 2.75) is 205 Å². The molecule has 10 heterocycles. The summed E-state index contributed by atoms with van der Waals surface area (Å²) < 4.78 is 90.7. The Balaban J connectivity index is 0.000000106. The lowest BCUT2D eigenvalue weighted by atomic mass is 9.94. The largest absolute Gasteiger partial charge is 0.299 e. The average molecular weight is 2040 g/mol. The van der Waals surface area contributed by atoms with Crippen LogP contribution in [0.5, 0.6) is 0 Å². The van der Waals surface area contributed by atoms with Gasteiger partial charge in [-0.15, -0.1) is 25.5 Å². The quantitative estimate of drug-likeness (QED) is 0.0464. The van der Waals surface area contributed by atoms with Gasteiger partial charge in [-0.2, -0.15) is 5.26 Å². The molecule has 0 spiro atoms. The lowest BCUT2D eigenvalue weighted by Crippen LogP contribution is -2.41. The van der Waals surface area contributed by atoms with Crippen molar-refractivity contribution >= 4 is 113 Å². The molecular formula is C111H118Cl5F6N21. The smallest absolute Gasteiger partial charge is 0.261 e. The predicted molar refractivity (Wildman–Crippen MR) is 555 cm³/mol. The minimum absolute atomic E-state index is 0.00527. The number of fused-ring (bicyclic) bond motifs is 5. The highest BCUT2D eigenvalue weighted by Crippen LogP contribution is 2.45. The Bertz CT molecular complexity index is 6890. The second kappa shape index (κ2) is 42.9. The van der Waals surface area contributed by atoms with Crippen LogP contribution in [-0.2, 0) is 65.4 Å². The third kappa shape index (κ3) is 23.9. The maximum atomic E-state index is 14.1. The number of aromatic nitrogens is 15. The van der Waals surface area contributed by atoms with Crippen LogP contribution in [0, 0.1) is 52.8 Å². The van der Waals surface area contributed by atoms with Crippen molar-refractivity contribution in [3.05, 3.63) is 235 Å². The van der Waals surface area contributed by atoms with Crippen molar-refractivity contribution in [2.75, 3.05) is 72.1 Å². The van der Waals surface area contributed by atoms with Gasteiger partial charge < -0.3 is 0 Å². The molecule has 5 saturated heterocycles. The zero-order chi connectivity index (χ0) is 98.2. The van der Waals surface area contributed by atoms with E-state index in [0.717, 1.165) is 230 Å². The third-order valence-electron chi connectivity index (χ3n) is 30.2. The van der Waals surface area contributed by atoms with E-state index in [9.17, 15) is 26.3 Å². The van der Waals surface area contributed by atoms with Gasteiger partial charge >= 0.3 is 0 Å². The second-order valence-corrected chi connectivity index (χ2v) is 43.8. The molecule has 10 aliphatic rings. The third-order valence-corrected chi connectivity index (χ3v) is 32.1. The van der Waals surface area contributed by atoms with E-state index in [0.29, 0.717) is 76.1 Å². The number of nitriles is 1. The Hall–Kier alpha value is -10.5. The van der Waals surface area contributed by atoms with E-state index in [2.05, 4.69) is 176 Å². The summed E-state index contributed by atoms with van der Waals surface area (Å²) in [7, 11) is 0. The summed E-state index contributed by atoms with van der Waals surface area (Å²) in [5, 5.41) is 55.2. The monoisotopic (exact) mass is 2030 g/mol. The zero-order valence-electron chi connectivity index (χ0n) is 80.5. The van der Waals surface area contributed by atoms with Crippen LogP contribution >= 0.6 is 58.0 Å². The number of halogens is 11. The van der Waals surface area contributed by atoms with Gasteiger partial charge in [0.25, 0.3) is 11.8 Å². The van der Waals surface area contributed by atoms with Gasteiger partial charge in [0, 0.05) is 151 Å². The van der Waals surface area contributed by atoms with Crippen LogP contribution in [0.15, 0.2) is 182 Å². The molecule has 15 aromatic rings. The summed E-state index contributed by atoms with van der Waals surface area (Å²) in [6.45, 7) is 16.8. The molecule has 5 aromatic heterocycles. The summed E-state index contributed by atoms with van der Waals surface area (Å²) in [5.74, 6) is -0.390. The topological polar surface area (TPSA) is 194 Å². The van der Waals surface area contributed by atoms with Crippen LogP contribution in [-0.4, -0.2) is 189 Å². The summed E-state index contributed by atoms with van der Waals surface area (Å²) in [6.07, 6.45) is 17.4. The lowest BCUT2D eigenvalue weighted by Gasteiger charge is -2.32. The minimum atomic E-state index is -2.57. The highest BCUT2D eigenvalue weighted by atomic mass is 35.5. The average Bonchev–Trinajstić information content (AvgIpc) is 1.66. The van der Waals surface area contributed by atoms with Crippen molar-refractivity contribution < 1.29 is 26.3 Å². The molecule has 25 rings (SSSR count). The fourth-order valence-corrected chi connectivity index (χ4v) is 22.0. The van der Waals surface area contributed by atoms with E-state index < -0.39 is 17.5 Å². The fourth-order valence-electron chi connectivity index (χ4n) is 20.5. The molecule has 5 saturated carbocycles. The van der Waals surface area contributed by atoms with Crippen molar-refractivity contribution in [2.24, 2.45) is 41.4 Å². The highest BCUT2D eigenvalue weighted by molar-refractivity contribution is 6.40. The molecule has 1 atom stereocenters. The van der Waals surface area contributed by atoms with Gasteiger partial charge in [-0.3, -0.25) is 28.9 Å². The Morgan fingerprint density at radius 1 is 0.301 bits per heavy atom. The van der Waals surface area contributed by atoms with Gasteiger partial charge in [0.05, 0.1) is 72.5 Å². The molecule has 0 bridgehead atoms. The van der Waals surface area contributed by atoms with Crippen LogP contribution in [0.3, 0.4) is 0 Å². The molecular weight excluding hydrogens is 1920 g/mol. The fraction of sp³-hybridized carbons (Fsp3) is 0.450. The van der Waals surface area contributed by atoms with Crippen molar-refractivity contribution in [3.63, 3.8) is 0 Å². The molecule has 744 valence electrons. The number of rotatable bonds is 26. The van der Waals surface area contributed by atoms with Crippen LogP contribution < -0.4 is 0 Å². The van der Waals surface area contributed by atoms with E-state index >= 15 is 0 Å². The standard InChI is InChI=1S/C23H23ClFN5.C23H27ClN4.C22H23ClF2N4.C22H24ClFN4.C21H21ClF2N4/c24-21-19(7-8-20-22(21)27-28-30(20)14-17-1-2-17)18-5-3-16(4-6-18)13-29-11-9-23(25,15-26)10-12-29;1-16-10-12-27(13-11-16)14-17-4-6-19(7-5-17)20-8-9-21-23(22(20)24)25-26-28(21)15-18-2-3-18;23-20-18(8-9-19-21(20)26-27-29(19)13-16-2-3-16)17-6-4-15(5-7-17)12-28-11-1-10-22(24,25)14-28;23-21-19(7-8-20-22(21)25-26-28(20)14-16-1-2-16)18-5-3-15(4-6-18)12-27-10-9-17(11-24)13-27;22-19-17(7-8-18-20(19)25-26-28(18)12-15-1-2-15)16-5-3-14(4-6-16)11-27-10-9-21(23,24)13-27/h3-8,17H,1-2,9-14H2;4-9,16,18H,2-3,10-15H2,1H3;4-9,16H,1-3,10-14H2;3-8,16-17H,1-2,9-14H2;3-8,15H,1-2,9-13H2. The predicted octanol–water partition coefficient (Wildman–Crippen LogP) is 25.7. The van der Waals surface area contributed by atoms with Gasteiger partial charge in [0.2, 0.25) is 0 Å². The number of piperidine rings is 3. The number of nitrogens with zero attached hydrogens (tertiary/aromatic N) is 21. The number of hydrogen-bond donors (Lipinski definition) is 0. The highest BCUT2D eigenvalue weighted by Gasteiger charge is 2.40. The van der Waals surface area contributed by atoms with Gasteiger partial charge in [0.1, 0.15) is 33.7 Å². The molecule has 5 aliphatic heterocycles. The van der Waals surface area contributed by atoms with Crippen LogP contribution in [0.2, 0.25) is 25.1 Å². The number of alkyl halides is 6. The van der Waals surface area contributed by atoms with Crippen LogP contribution in [0.25, 0.3) is 111 Å². The van der Waals surface area contributed by atoms with Gasteiger partial charge in [-0.05, 0) is 238 Å². The van der Waals surface area contributed by atoms with Gasteiger partial charge in [0.15, 0.2) is 5.67 Å². The normalized spacial score (nSPS) is 19.5. The van der Waals surface area contributed by atoms with E-state index in [-0.39, 0.29) is 51.4 Å². The van der Waals surface area contributed by atoms with Crippen LogP contribution in [0.1, 0.15) is 150 Å². The molecule has 0 amide bonds. The Morgan fingerprint density at radius 2 is 0.559 bits per heavy atom.